The van der Waals surface area contributed by atoms with Crippen LogP contribution in [0.2, 0.25) is 0 Å². The van der Waals surface area contributed by atoms with E-state index in [4.69, 9.17) is 4.74 Å². The van der Waals surface area contributed by atoms with Crippen LogP contribution in [0.5, 0.6) is 0 Å². The van der Waals surface area contributed by atoms with Gasteiger partial charge < -0.3 is 4.74 Å². The third kappa shape index (κ3) is 3.45. The standard InChI is InChI=1S/C22H22FNO2/c1-13(2)21-19(7-8-24-21)16-10-15(11-17(12-16)22(25)26-4)18-6-5-14(3)9-20(18)23/h5-13,21H,1-4H3. The van der Waals surface area contributed by atoms with Gasteiger partial charge >= 0.3 is 5.97 Å². The first kappa shape index (κ1) is 18.1. The Labute approximate surface area is 153 Å². The number of ether oxygens (including phenoxy) is 1. The highest BCUT2D eigenvalue weighted by Gasteiger charge is 2.23. The lowest BCUT2D eigenvalue weighted by molar-refractivity contribution is 0.0600. The Morgan fingerprint density at radius 2 is 1.88 bits per heavy atom. The van der Waals surface area contributed by atoms with Gasteiger partial charge in [0, 0.05) is 11.8 Å². The number of methoxy groups -OCH3 is 1. The van der Waals surface area contributed by atoms with Gasteiger partial charge in [-0.05, 0) is 65.4 Å². The summed E-state index contributed by atoms with van der Waals surface area (Å²) in [6.07, 6.45) is 3.74. The minimum Gasteiger partial charge on any atom is -0.465 e. The van der Waals surface area contributed by atoms with Crippen molar-refractivity contribution >= 4 is 17.8 Å². The Kier molecular flexibility index (Phi) is 5.03. The van der Waals surface area contributed by atoms with E-state index in [0.29, 0.717) is 22.6 Å². The largest absolute Gasteiger partial charge is 0.465 e. The van der Waals surface area contributed by atoms with Crippen LogP contribution in [0.25, 0.3) is 16.7 Å². The lowest BCUT2D eigenvalue weighted by Gasteiger charge is -2.18. The fourth-order valence-corrected chi connectivity index (χ4v) is 3.23. The zero-order chi connectivity index (χ0) is 18.8. The summed E-state index contributed by atoms with van der Waals surface area (Å²) in [5.74, 6) is -0.433. The number of aryl methyl sites for hydroxylation is 1. The molecule has 0 fully saturated rings. The fraction of sp³-hybridized carbons (Fsp3) is 0.273. The molecule has 0 aliphatic carbocycles. The van der Waals surface area contributed by atoms with Crippen LogP contribution in [-0.2, 0) is 4.74 Å². The van der Waals surface area contributed by atoms with Gasteiger partial charge in [-0.15, -0.1) is 0 Å². The molecule has 134 valence electrons. The van der Waals surface area contributed by atoms with Crippen LogP contribution in [0, 0.1) is 18.7 Å². The van der Waals surface area contributed by atoms with Gasteiger partial charge in [-0.1, -0.05) is 26.0 Å². The number of aliphatic imine (C=N–C) groups is 1. The van der Waals surface area contributed by atoms with E-state index in [9.17, 15) is 9.18 Å². The van der Waals surface area contributed by atoms with Crippen molar-refractivity contribution in [2.45, 2.75) is 26.8 Å². The van der Waals surface area contributed by atoms with Crippen molar-refractivity contribution in [2.75, 3.05) is 7.11 Å². The third-order valence-electron chi connectivity index (χ3n) is 4.57. The molecule has 1 unspecified atom stereocenters. The third-order valence-corrected chi connectivity index (χ3v) is 4.57. The number of esters is 1. The van der Waals surface area contributed by atoms with Gasteiger partial charge in [0.2, 0.25) is 0 Å². The molecule has 0 aromatic heterocycles. The fourth-order valence-electron chi connectivity index (χ4n) is 3.23. The van der Waals surface area contributed by atoms with Gasteiger partial charge in [0.05, 0.1) is 18.7 Å². The molecule has 1 atom stereocenters. The van der Waals surface area contributed by atoms with Gasteiger partial charge in [0.15, 0.2) is 0 Å². The number of carbonyl (C=O) groups excluding carboxylic acids is 1. The molecule has 4 heteroatoms. The van der Waals surface area contributed by atoms with E-state index in [0.717, 1.165) is 16.7 Å². The number of carbonyl (C=O) groups is 1. The Hall–Kier alpha value is -2.75. The second kappa shape index (κ2) is 7.24. The first-order valence-corrected chi connectivity index (χ1v) is 8.64. The molecule has 1 aliphatic rings. The average Bonchev–Trinajstić information content (AvgIpc) is 3.10. The molecule has 1 heterocycles. The highest BCUT2D eigenvalue weighted by atomic mass is 19.1. The summed E-state index contributed by atoms with van der Waals surface area (Å²) in [6.45, 7) is 6.05. The lowest BCUT2D eigenvalue weighted by Crippen LogP contribution is -2.13. The average molecular weight is 351 g/mol. The summed E-state index contributed by atoms with van der Waals surface area (Å²) in [6, 6.07) is 10.5. The lowest BCUT2D eigenvalue weighted by atomic mass is 9.89. The highest BCUT2D eigenvalue weighted by molar-refractivity contribution is 5.96. The Morgan fingerprint density at radius 3 is 2.54 bits per heavy atom. The van der Waals surface area contributed by atoms with Crippen molar-refractivity contribution in [3.63, 3.8) is 0 Å². The molecule has 1 aliphatic heterocycles. The van der Waals surface area contributed by atoms with E-state index in [-0.39, 0.29) is 11.9 Å². The number of halogens is 1. The van der Waals surface area contributed by atoms with Crippen molar-refractivity contribution < 1.29 is 13.9 Å². The van der Waals surface area contributed by atoms with E-state index in [2.05, 4.69) is 18.8 Å². The van der Waals surface area contributed by atoms with Crippen molar-refractivity contribution in [3.05, 3.63) is 65.0 Å². The van der Waals surface area contributed by atoms with E-state index in [1.54, 1.807) is 24.4 Å². The molecule has 0 saturated carbocycles. The second-order valence-electron chi connectivity index (χ2n) is 6.88. The van der Waals surface area contributed by atoms with E-state index < -0.39 is 5.97 Å². The highest BCUT2D eigenvalue weighted by Crippen LogP contribution is 2.33. The van der Waals surface area contributed by atoms with Gasteiger partial charge in [-0.25, -0.2) is 9.18 Å². The molecular formula is C22H22FNO2. The minimum absolute atomic E-state index is 0.0265. The van der Waals surface area contributed by atoms with Gasteiger partial charge in [0.1, 0.15) is 5.82 Å². The van der Waals surface area contributed by atoms with E-state index in [1.807, 2.05) is 25.1 Å². The van der Waals surface area contributed by atoms with Crippen molar-refractivity contribution in [3.8, 4) is 11.1 Å². The summed E-state index contributed by atoms with van der Waals surface area (Å²) in [5.41, 5.74) is 4.25. The Bertz CT molecular complexity index is 912. The predicted octanol–water partition coefficient (Wildman–Crippen LogP) is 5.08. The number of hydrogen-bond acceptors (Lipinski definition) is 3. The molecule has 26 heavy (non-hydrogen) atoms. The van der Waals surface area contributed by atoms with Gasteiger partial charge in [0.25, 0.3) is 0 Å². The van der Waals surface area contributed by atoms with Crippen LogP contribution in [0.3, 0.4) is 0 Å². The second-order valence-corrected chi connectivity index (χ2v) is 6.88. The van der Waals surface area contributed by atoms with Crippen LogP contribution in [0.4, 0.5) is 4.39 Å². The van der Waals surface area contributed by atoms with Crippen LogP contribution in [0.15, 0.2) is 47.5 Å². The van der Waals surface area contributed by atoms with Gasteiger partial charge in [-0.3, -0.25) is 4.99 Å². The molecule has 2 aromatic carbocycles. The Balaban J connectivity index is 2.15. The molecule has 3 rings (SSSR count). The maximum atomic E-state index is 14.5. The Morgan fingerprint density at radius 1 is 1.15 bits per heavy atom. The number of benzene rings is 2. The van der Waals surface area contributed by atoms with E-state index in [1.165, 1.54) is 13.2 Å². The molecule has 0 spiro atoms. The SMILES string of the molecule is COC(=O)c1cc(C2=CC=NC2C(C)C)cc(-c2ccc(C)cc2F)c1. The van der Waals surface area contributed by atoms with Crippen molar-refractivity contribution in [2.24, 2.45) is 10.9 Å². The van der Waals surface area contributed by atoms with Crippen molar-refractivity contribution in [1.82, 2.24) is 0 Å². The number of nitrogens with zero attached hydrogens (tertiary/aromatic N) is 1. The summed E-state index contributed by atoms with van der Waals surface area (Å²) in [5, 5.41) is 0. The van der Waals surface area contributed by atoms with E-state index >= 15 is 0 Å². The molecule has 0 N–H and O–H groups in total. The predicted molar refractivity (Wildman–Crippen MR) is 103 cm³/mol. The number of allylic oxidation sites excluding steroid dienone is 1. The number of hydrogen-bond donors (Lipinski definition) is 0. The smallest absolute Gasteiger partial charge is 0.337 e. The maximum Gasteiger partial charge on any atom is 0.337 e. The quantitative estimate of drug-likeness (QED) is 0.721. The molecule has 2 aromatic rings. The molecule has 0 saturated heterocycles. The van der Waals surface area contributed by atoms with Crippen LogP contribution < -0.4 is 0 Å². The topological polar surface area (TPSA) is 38.7 Å². The molecular weight excluding hydrogens is 329 g/mol. The van der Waals surface area contributed by atoms with Crippen molar-refractivity contribution in [1.29, 1.82) is 0 Å². The molecule has 0 amide bonds. The normalized spacial score (nSPS) is 16.1. The maximum absolute atomic E-state index is 14.5. The zero-order valence-corrected chi connectivity index (χ0v) is 15.4. The summed E-state index contributed by atoms with van der Waals surface area (Å²) >= 11 is 0. The first-order valence-electron chi connectivity index (χ1n) is 8.64. The molecule has 0 bridgehead atoms. The molecule has 0 radical (unpaired) electrons. The monoisotopic (exact) mass is 351 g/mol. The minimum atomic E-state index is -0.443. The first-order chi connectivity index (χ1) is 12.4. The summed E-state index contributed by atoms with van der Waals surface area (Å²) in [4.78, 5) is 16.7. The van der Waals surface area contributed by atoms with Crippen LogP contribution in [-0.4, -0.2) is 25.3 Å². The van der Waals surface area contributed by atoms with Crippen LogP contribution >= 0.6 is 0 Å². The summed E-state index contributed by atoms with van der Waals surface area (Å²) < 4.78 is 19.4. The zero-order valence-electron chi connectivity index (χ0n) is 15.4. The summed E-state index contributed by atoms with van der Waals surface area (Å²) in [7, 11) is 1.34. The molecule has 3 nitrogen and oxygen atoms in total. The number of rotatable bonds is 4. The van der Waals surface area contributed by atoms with Gasteiger partial charge in [-0.2, -0.15) is 0 Å². The van der Waals surface area contributed by atoms with Crippen LogP contribution in [0.1, 0.15) is 35.3 Å².